The van der Waals surface area contributed by atoms with Crippen molar-refractivity contribution in [3.8, 4) is 0 Å². The van der Waals surface area contributed by atoms with Crippen LogP contribution >= 0.6 is 10.0 Å². The zero-order valence-corrected chi connectivity index (χ0v) is 8.41. The van der Waals surface area contributed by atoms with E-state index in [1.807, 2.05) is 12.1 Å². The van der Waals surface area contributed by atoms with Crippen molar-refractivity contribution in [3.63, 3.8) is 0 Å². The van der Waals surface area contributed by atoms with Crippen LogP contribution < -0.4 is 5.54 Å². The predicted molar refractivity (Wildman–Crippen MR) is 54.8 cm³/mol. The summed E-state index contributed by atoms with van der Waals surface area (Å²) >= 11 is 0. The molecule has 1 aromatic carbocycles. The van der Waals surface area contributed by atoms with Crippen LogP contribution in [0, 0.1) is 0 Å². The lowest BCUT2D eigenvalue weighted by Crippen LogP contribution is -1.92. The molecule has 0 atom stereocenters. The molecule has 0 aliphatic rings. The minimum atomic E-state index is -0.678. The summed E-state index contributed by atoms with van der Waals surface area (Å²) in [5, 5.41) is 0. The van der Waals surface area contributed by atoms with Gasteiger partial charge in [-0.25, -0.2) is 15.6 Å². The summed E-state index contributed by atoms with van der Waals surface area (Å²) in [7, 11) is -0.678. The van der Waals surface area contributed by atoms with Gasteiger partial charge in [0.05, 0.1) is 5.69 Å². The van der Waals surface area contributed by atoms with E-state index in [2.05, 4.69) is 18.8 Å². The Hall–Kier alpha value is -0.700. The maximum Gasteiger partial charge on any atom is 0.0656 e. The topological polar surface area (TPSA) is 12.0 Å². The van der Waals surface area contributed by atoms with Crippen molar-refractivity contribution in [2.24, 2.45) is 0 Å². The smallest absolute Gasteiger partial charge is 0.0656 e. The highest BCUT2D eigenvalue weighted by Gasteiger charge is 2.06. The first-order chi connectivity index (χ1) is 5.54. The Kier molecular flexibility index (Phi) is 2.62. The molecule has 0 saturated carbocycles. The normalized spacial score (nSPS) is 12.7. The minimum Gasteiger partial charge on any atom is -0.225 e. The molecule has 0 aliphatic carbocycles. The Morgan fingerprint density at radius 3 is 1.92 bits per heavy atom. The number of halogens is 1. The van der Waals surface area contributed by atoms with Crippen molar-refractivity contribution in [2.75, 3.05) is 24.3 Å². The number of anilines is 1. The van der Waals surface area contributed by atoms with Crippen LogP contribution in [0.15, 0.2) is 29.2 Å². The van der Waals surface area contributed by atoms with E-state index in [4.69, 9.17) is 0 Å². The van der Waals surface area contributed by atoms with Gasteiger partial charge < -0.3 is 0 Å². The van der Waals surface area contributed by atoms with Gasteiger partial charge in [0.15, 0.2) is 0 Å². The SMILES string of the molecule is CS(C)(C)c1ccc(NF)cc1. The molecule has 0 aromatic heterocycles. The van der Waals surface area contributed by atoms with E-state index in [1.54, 1.807) is 17.7 Å². The minimum absolute atomic E-state index is 0.516. The largest absolute Gasteiger partial charge is 0.225 e. The Morgan fingerprint density at radius 2 is 1.58 bits per heavy atom. The van der Waals surface area contributed by atoms with Crippen LogP contribution in [0.2, 0.25) is 0 Å². The van der Waals surface area contributed by atoms with Crippen molar-refractivity contribution >= 4 is 15.7 Å². The van der Waals surface area contributed by atoms with Gasteiger partial charge in [-0.3, -0.25) is 0 Å². The molecular formula is C9H14FNS. The standard InChI is InChI=1S/C9H14FNS/c1-12(2,3)9-6-4-8(11-10)5-7-9/h4-7,11H,1-3H3. The third kappa shape index (κ3) is 2.14. The van der Waals surface area contributed by atoms with E-state index in [-0.39, 0.29) is 0 Å². The van der Waals surface area contributed by atoms with Gasteiger partial charge >= 0.3 is 0 Å². The van der Waals surface area contributed by atoms with Gasteiger partial charge in [-0.15, -0.1) is 4.48 Å². The van der Waals surface area contributed by atoms with Gasteiger partial charge in [-0.2, -0.15) is 0 Å². The van der Waals surface area contributed by atoms with Crippen LogP contribution in [0.1, 0.15) is 0 Å². The quantitative estimate of drug-likeness (QED) is 0.702. The summed E-state index contributed by atoms with van der Waals surface area (Å²) in [5.74, 6) is 0. The second-order valence-corrected chi connectivity index (χ2v) is 7.60. The van der Waals surface area contributed by atoms with Crippen LogP contribution in [0.5, 0.6) is 0 Å². The molecule has 0 radical (unpaired) electrons. The molecule has 0 heterocycles. The molecule has 12 heavy (non-hydrogen) atoms. The van der Waals surface area contributed by atoms with Crippen molar-refractivity contribution in [2.45, 2.75) is 4.90 Å². The summed E-state index contributed by atoms with van der Waals surface area (Å²) in [5.41, 5.74) is 2.13. The maximum atomic E-state index is 11.9. The Morgan fingerprint density at radius 1 is 1.08 bits per heavy atom. The van der Waals surface area contributed by atoms with Crippen LogP contribution in [0.25, 0.3) is 0 Å². The zero-order valence-electron chi connectivity index (χ0n) is 7.60. The molecule has 3 heteroatoms. The fourth-order valence-corrected chi connectivity index (χ4v) is 1.88. The summed E-state index contributed by atoms with van der Waals surface area (Å²) < 4.78 is 11.9. The fraction of sp³-hybridized carbons (Fsp3) is 0.333. The van der Waals surface area contributed by atoms with Gasteiger partial charge in [0, 0.05) is 0 Å². The molecule has 1 aromatic rings. The first-order valence-electron chi connectivity index (χ1n) is 3.69. The number of hydrogen-bond acceptors (Lipinski definition) is 1. The van der Waals surface area contributed by atoms with E-state index in [0.717, 1.165) is 0 Å². The van der Waals surface area contributed by atoms with Crippen LogP contribution in [0.3, 0.4) is 0 Å². The second kappa shape index (κ2) is 3.35. The average Bonchev–Trinajstić information content (AvgIpc) is 2.03. The fourth-order valence-electron chi connectivity index (χ4n) is 0.926. The predicted octanol–water partition coefficient (Wildman–Crippen LogP) is 3.04. The average molecular weight is 187 g/mol. The van der Waals surface area contributed by atoms with Gasteiger partial charge in [0.25, 0.3) is 0 Å². The molecule has 0 spiro atoms. The molecule has 68 valence electrons. The monoisotopic (exact) mass is 187 g/mol. The van der Waals surface area contributed by atoms with Crippen molar-refractivity contribution in [1.29, 1.82) is 0 Å². The lowest BCUT2D eigenvalue weighted by atomic mass is 10.3. The third-order valence-corrected chi connectivity index (χ3v) is 3.36. The van der Waals surface area contributed by atoms with Gasteiger partial charge in [-0.05, 0) is 47.9 Å². The number of hydrogen-bond donors (Lipinski definition) is 1. The maximum absolute atomic E-state index is 11.9. The van der Waals surface area contributed by atoms with E-state index >= 15 is 0 Å². The molecule has 0 amide bonds. The van der Waals surface area contributed by atoms with E-state index < -0.39 is 10.0 Å². The third-order valence-electron chi connectivity index (χ3n) is 1.67. The van der Waals surface area contributed by atoms with E-state index in [9.17, 15) is 4.48 Å². The molecule has 0 fully saturated rings. The Balaban J connectivity index is 2.93. The highest BCUT2D eigenvalue weighted by molar-refractivity contribution is 8.32. The summed E-state index contributed by atoms with van der Waals surface area (Å²) in [6, 6.07) is 7.45. The van der Waals surface area contributed by atoms with Gasteiger partial charge in [-0.1, -0.05) is 0 Å². The number of benzene rings is 1. The zero-order chi connectivity index (χ0) is 9.19. The molecule has 0 bridgehead atoms. The molecule has 0 aliphatic heterocycles. The van der Waals surface area contributed by atoms with E-state index in [1.165, 1.54) is 4.90 Å². The summed E-state index contributed by atoms with van der Waals surface area (Å²) in [6.45, 7) is 0. The van der Waals surface area contributed by atoms with Crippen molar-refractivity contribution in [3.05, 3.63) is 24.3 Å². The molecule has 0 saturated heterocycles. The van der Waals surface area contributed by atoms with Crippen LogP contribution in [-0.4, -0.2) is 18.8 Å². The Labute approximate surface area is 74.2 Å². The lowest BCUT2D eigenvalue weighted by molar-refractivity contribution is 0.617. The number of nitrogens with one attached hydrogen (secondary N) is 1. The van der Waals surface area contributed by atoms with Crippen LogP contribution in [0.4, 0.5) is 10.2 Å². The van der Waals surface area contributed by atoms with Crippen molar-refractivity contribution < 1.29 is 4.48 Å². The van der Waals surface area contributed by atoms with Crippen LogP contribution in [-0.2, 0) is 0 Å². The molecule has 1 rings (SSSR count). The number of rotatable bonds is 2. The summed E-state index contributed by atoms with van der Waals surface area (Å²) in [4.78, 5) is 1.29. The molecule has 0 unspecified atom stereocenters. The second-order valence-electron chi connectivity index (χ2n) is 3.46. The first kappa shape index (κ1) is 9.39. The van der Waals surface area contributed by atoms with E-state index in [0.29, 0.717) is 5.69 Å². The van der Waals surface area contributed by atoms with Gasteiger partial charge in [0.2, 0.25) is 0 Å². The first-order valence-corrected chi connectivity index (χ1v) is 6.55. The highest BCUT2D eigenvalue weighted by Crippen LogP contribution is 2.45. The lowest BCUT2D eigenvalue weighted by Gasteiger charge is -2.25. The van der Waals surface area contributed by atoms with Gasteiger partial charge in [0.1, 0.15) is 0 Å². The van der Waals surface area contributed by atoms with Crippen molar-refractivity contribution in [1.82, 2.24) is 0 Å². The molecule has 1 N–H and O–H groups in total. The molecular weight excluding hydrogens is 173 g/mol. The summed E-state index contributed by atoms with van der Waals surface area (Å²) in [6.07, 6.45) is 6.64. The Bertz CT molecular complexity index is 250. The highest BCUT2D eigenvalue weighted by atomic mass is 32.3. The molecule has 1 nitrogen and oxygen atoms in total.